The lowest BCUT2D eigenvalue weighted by Gasteiger charge is -2.08. The second kappa shape index (κ2) is 4.96. The number of hydrogen-bond acceptors (Lipinski definition) is 2. The molecule has 0 spiro atoms. The maximum Gasteiger partial charge on any atom is 0.188 e. The summed E-state index contributed by atoms with van der Waals surface area (Å²) in [5, 5.41) is 11.8. The Morgan fingerprint density at radius 2 is 2.09 bits per heavy atom. The van der Waals surface area contributed by atoms with Gasteiger partial charge in [0.05, 0.1) is 12.6 Å². The number of nitrogens with two attached hydrogens (primary N) is 1. The second-order valence-corrected chi connectivity index (χ2v) is 2.87. The molecule has 11 heavy (non-hydrogen) atoms. The Balaban J connectivity index is 3.63. The van der Waals surface area contributed by atoms with Crippen LogP contribution in [0, 0.1) is 0 Å². The largest absolute Gasteiger partial charge is 0.391 e. The number of aliphatic hydroxyl groups is 1. The van der Waals surface area contributed by atoms with Gasteiger partial charge in [0, 0.05) is 6.04 Å². The van der Waals surface area contributed by atoms with Crippen molar-refractivity contribution in [2.24, 2.45) is 10.7 Å². The lowest BCUT2D eigenvalue weighted by molar-refractivity contribution is 0.204. The predicted molar refractivity (Wildman–Crippen MR) is 46.4 cm³/mol. The minimum atomic E-state index is -0.428. The van der Waals surface area contributed by atoms with Crippen LogP contribution in [-0.4, -0.2) is 29.8 Å². The monoisotopic (exact) mass is 159 g/mol. The molecular formula is C7H17N3O. The van der Waals surface area contributed by atoms with Crippen molar-refractivity contribution in [2.45, 2.75) is 32.9 Å². The Bertz CT molecular complexity index is 132. The van der Waals surface area contributed by atoms with Gasteiger partial charge in [-0.25, -0.2) is 0 Å². The first kappa shape index (κ1) is 10.2. The molecule has 1 unspecified atom stereocenters. The third kappa shape index (κ3) is 7.12. The molecular weight excluding hydrogens is 142 g/mol. The summed E-state index contributed by atoms with van der Waals surface area (Å²) < 4.78 is 0. The lowest BCUT2D eigenvalue weighted by Crippen LogP contribution is -2.37. The standard InChI is InChI=1S/C7H17N3O/c1-5(2)10-7(8)9-4-6(3)11/h5-6,11H,4H2,1-3H3,(H3,8,9,10). The maximum atomic E-state index is 8.84. The lowest BCUT2D eigenvalue weighted by atomic mass is 10.4. The molecule has 0 aromatic carbocycles. The summed E-state index contributed by atoms with van der Waals surface area (Å²) in [5.74, 6) is 0.390. The summed E-state index contributed by atoms with van der Waals surface area (Å²) in [6, 6.07) is 0.285. The van der Waals surface area contributed by atoms with Gasteiger partial charge in [-0.05, 0) is 20.8 Å². The van der Waals surface area contributed by atoms with Gasteiger partial charge >= 0.3 is 0 Å². The van der Waals surface area contributed by atoms with Gasteiger partial charge in [0.25, 0.3) is 0 Å². The first-order valence-corrected chi connectivity index (χ1v) is 3.77. The Kier molecular flexibility index (Phi) is 4.61. The molecule has 66 valence electrons. The normalized spacial score (nSPS) is 15.2. The van der Waals surface area contributed by atoms with Crippen molar-refractivity contribution >= 4 is 5.96 Å². The van der Waals surface area contributed by atoms with Gasteiger partial charge in [-0.2, -0.15) is 0 Å². The highest BCUT2D eigenvalue weighted by atomic mass is 16.3. The molecule has 0 aromatic heterocycles. The van der Waals surface area contributed by atoms with E-state index >= 15 is 0 Å². The van der Waals surface area contributed by atoms with Crippen LogP contribution < -0.4 is 11.1 Å². The van der Waals surface area contributed by atoms with E-state index in [1.54, 1.807) is 6.92 Å². The molecule has 1 atom stereocenters. The van der Waals surface area contributed by atoms with E-state index in [1.165, 1.54) is 0 Å². The molecule has 0 heterocycles. The number of aliphatic imine (C=N–C) groups is 1. The van der Waals surface area contributed by atoms with Gasteiger partial charge in [-0.15, -0.1) is 0 Å². The van der Waals surface area contributed by atoms with Crippen molar-refractivity contribution in [1.82, 2.24) is 5.32 Å². The third-order valence-corrected chi connectivity index (χ3v) is 0.962. The maximum absolute atomic E-state index is 8.84. The summed E-state index contributed by atoms with van der Waals surface area (Å²) >= 11 is 0. The highest BCUT2D eigenvalue weighted by Crippen LogP contribution is 1.81. The van der Waals surface area contributed by atoms with Crippen LogP contribution in [0.1, 0.15) is 20.8 Å². The van der Waals surface area contributed by atoms with E-state index in [2.05, 4.69) is 10.3 Å². The Morgan fingerprint density at radius 1 is 1.55 bits per heavy atom. The van der Waals surface area contributed by atoms with E-state index in [-0.39, 0.29) is 6.04 Å². The number of hydrogen-bond donors (Lipinski definition) is 3. The van der Waals surface area contributed by atoms with Crippen LogP contribution in [-0.2, 0) is 0 Å². The zero-order chi connectivity index (χ0) is 8.85. The summed E-state index contributed by atoms with van der Waals surface area (Å²) in [6.45, 7) is 5.98. The molecule has 0 amide bonds. The Labute approximate surface area is 67.5 Å². The van der Waals surface area contributed by atoms with Gasteiger partial charge in [-0.1, -0.05) is 0 Å². The van der Waals surface area contributed by atoms with Crippen molar-refractivity contribution in [3.8, 4) is 0 Å². The van der Waals surface area contributed by atoms with Crippen molar-refractivity contribution in [3.05, 3.63) is 0 Å². The minimum Gasteiger partial charge on any atom is -0.391 e. The van der Waals surface area contributed by atoms with Gasteiger partial charge in [0.1, 0.15) is 0 Å². The molecule has 4 N–H and O–H groups in total. The topological polar surface area (TPSA) is 70.6 Å². The van der Waals surface area contributed by atoms with Crippen LogP contribution in [0.3, 0.4) is 0 Å². The van der Waals surface area contributed by atoms with Gasteiger partial charge in [0.15, 0.2) is 5.96 Å². The van der Waals surface area contributed by atoms with Crippen LogP contribution >= 0.6 is 0 Å². The van der Waals surface area contributed by atoms with Crippen molar-refractivity contribution in [2.75, 3.05) is 6.54 Å². The number of rotatable bonds is 3. The summed E-state index contributed by atoms with van der Waals surface area (Å²) in [6.07, 6.45) is -0.428. The van der Waals surface area contributed by atoms with Crippen LogP contribution in [0.25, 0.3) is 0 Å². The zero-order valence-corrected chi connectivity index (χ0v) is 7.33. The Morgan fingerprint density at radius 3 is 2.45 bits per heavy atom. The first-order chi connectivity index (χ1) is 5.02. The molecule has 0 aliphatic heterocycles. The fourth-order valence-corrected chi connectivity index (χ4v) is 0.572. The second-order valence-electron chi connectivity index (χ2n) is 2.87. The highest BCUT2D eigenvalue weighted by Gasteiger charge is 1.96. The van der Waals surface area contributed by atoms with Gasteiger partial charge in [-0.3, -0.25) is 4.99 Å². The van der Waals surface area contributed by atoms with Gasteiger partial charge in [0.2, 0.25) is 0 Å². The fraction of sp³-hybridized carbons (Fsp3) is 0.857. The van der Waals surface area contributed by atoms with E-state index in [1.807, 2.05) is 13.8 Å². The molecule has 0 bridgehead atoms. The van der Waals surface area contributed by atoms with Crippen LogP contribution in [0.5, 0.6) is 0 Å². The van der Waals surface area contributed by atoms with E-state index in [4.69, 9.17) is 10.8 Å². The van der Waals surface area contributed by atoms with E-state index in [0.717, 1.165) is 0 Å². The summed E-state index contributed by atoms with van der Waals surface area (Å²) in [4.78, 5) is 3.90. The quantitative estimate of drug-likeness (QED) is 0.390. The van der Waals surface area contributed by atoms with Crippen molar-refractivity contribution in [1.29, 1.82) is 0 Å². The fourth-order valence-electron chi connectivity index (χ4n) is 0.572. The molecule has 0 fully saturated rings. The number of aliphatic hydroxyl groups excluding tert-OH is 1. The molecule has 0 aliphatic rings. The average molecular weight is 159 g/mol. The van der Waals surface area contributed by atoms with Crippen LogP contribution in [0.4, 0.5) is 0 Å². The van der Waals surface area contributed by atoms with Gasteiger partial charge < -0.3 is 16.2 Å². The summed E-state index contributed by atoms with van der Waals surface area (Å²) in [5.41, 5.74) is 5.45. The molecule has 0 rings (SSSR count). The number of nitrogens with zero attached hydrogens (tertiary/aromatic N) is 1. The molecule has 0 aliphatic carbocycles. The highest BCUT2D eigenvalue weighted by molar-refractivity contribution is 5.78. The number of nitrogens with one attached hydrogen (secondary N) is 1. The molecule has 0 saturated heterocycles. The molecule has 0 aromatic rings. The SMILES string of the molecule is CC(O)CN=C(N)NC(C)C. The van der Waals surface area contributed by atoms with Crippen LogP contribution in [0.2, 0.25) is 0 Å². The first-order valence-electron chi connectivity index (χ1n) is 3.77. The third-order valence-electron chi connectivity index (χ3n) is 0.962. The Hall–Kier alpha value is -0.770. The van der Waals surface area contributed by atoms with E-state index < -0.39 is 6.10 Å². The molecule has 4 nitrogen and oxygen atoms in total. The summed E-state index contributed by atoms with van der Waals surface area (Å²) in [7, 11) is 0. The molecule has 0 saturated carbocycles. The molecule has 0 radical (unpaired) electrons. The van der Waals surface area contributed by atoms with E-state index in [9.17, 15) is 0 Å². The predicted octanol–water partition coefficient (Wildman–Crippen LogP) is -0.320. The van der Waals surface area contributed by atoms with Crippen molar-refractivity contribution < 1.29 is 5.11 Å². The molecule has 4 heteroatoms. The van der Waals surface area contributed by atoms with Crippen molar-refractivity contribution in [3.63, 3.8) is 0 Å². The van der Waals surface area contributed by atoms with Crippen LogP contribution in [0.15, 0.2) is 4.99 Å². The average Bonchev–Trinajstić information content (AvgIpc) is 1.82. The minimum absolute atomic E-state index is 0.285. The smallest absolute Gasteiger partial charge is 0.188 e. The zero-order valence-electron chi connectivity index (χ0n) is 7.33. The number of guanidine groups is 1. The van der Waals surface area contributed by atoms with E-state index in [0.29, 0.717) is 12.5 Å².